The van der Waals surface area contributed by atoms with E-state index in [1.165, 1.54) is 11.8 Å². The number of ether oxygens (including phenoxy) is 2. The number of thioether (sulfide) groups is 1. The van der Waals surface area contributed by atoms with Gasteiger partial charge < -0.3 is 14.8 Å². The summed E-state index contributed by atoms with van der Waals surface area (Å²) >= 11 is 1.50. The van der Waals surface area contributed by atoms with Crippen LogP contribution < -0.4 is 14.8 Å². The summed E-state index contributed by atoms with van der Waals surface area (Å²) in [7, 11) is 3.28. The molecule has 4 nitrogen and oxygen atoms in total. The van der Waals surface area contributed by atoms with Gasteiger partial charge in [0.1, 0.15) is 11.5 Å². The average Bonchev–Trinajstić information content (AvgIpc) is 2.60. The van der Waals surface area contributed by atoms with Gasteiger partial charge in [0.2, 0.25) is 5.91 Å². The van der Waals surface area contributed by atoms with E-state index in [2.05, 4.69) is 5.32 Å². The number of amides is 1. The number of rotatable bonds is 7. The van der Waals surface area contributed by atoms with E-state index in [-0.39, 0.29) is 11.9 Å². The van der Waals surface area contributed by atoms with Gasteiger partial charge >= 0.3 is 0 Å². The fourth-order valence-electron chi connectivity index (χ4n) is 2.37. The van der Waals surface area contributed by atoms with Crippen molar-refractivity contribution in [3.05, 3.63) is 53.6 Å². The first-order valence-corrected chi connectivity index (χ1v) is 8.72. The van der Waals surface area contributed by atoms with Gasteiger partial charge in [-0.05, 0) is 44.2 Å². The lowest BCUT2D eigenvalue weighted by Crippen LogP contribution is -2.28. The first-order valence-electron chi connectivity index (χ1n) is 7.74. The van der Waals surface area contributed by atoms with E-state index in [0.717, 1.165) is 27.5 Å². The first kappa shape index (κ1) is 18.2. The van der Waals surface area contributed by atoms with Crippen molar-refractivity contribution in [1.29, 1.82) is 0 Å². The molecule has 1 amide bonds. The van der Waals surface area contributed by atoms with Crippen molar-refractivity contribution in [1.82, 2.24) is 5.32 Å². The summed E-state index contributed by atoms with van der Waals surface area (Å²) < 4.78 is 10.5. The van der Waals surface area contributed by atoms with Gasteiger partial charge in [-0.3, -0.25) is 4.79 Å². The molecule has 2 aromatic rings. The molecule has 24 heavy (non-hydrogen) atoms. The number of carbonyl (C=O) groups is 1. The van der Waals surface area contributed by atoms with Gasteiger partial charge in [-0.2, -0.15) is 0 Å². The molecule has 0 spiro atoms. The van der Waals surface area contributed by atoms with Crippen LogP contribution in [0.2, 0.25) is 0 Å². The van der Waals surface area contributed by atoms with E-state index in [1.807, 2.05) is 56.3 Å². The highest BCUT2D eigenvalue weighted by molar-refractivity contribution is 8.00. The van der Waals surface area contributed by atoms with E-state index in [9.17, 15) is 4.79 Å². The Labute approximate surface area is 147 Å². The molecule has 0 radical (unpaired) electrons. The zero-order valence-electron chi connectivity index (χ0n) is 14.5. The molecule has 0 aromatic heterocycles. The highest BCUT2D eigenvalue weighted by Crippen LogP contribution is 2.26. The molecule has 0 saturated heterocycles. The lowest BCUT2D eigenvalue weighted by molar-refractivity contribution is -0.119. The summed E-state index contributed by atoms with van der Waals surface area (Å²) in [4.78, 5) is 13.2. The van der Waals surface area contributed by atoms with Crippen molar-refractivity contribution in [2.24, 2.45) is 0 Å². The molecular formula is C19H23NO3S. The molecule has 0 heterocycles. The Balaban J connectivity index is 1.92. The van der Waals surface area contributed by atoms with Crippen molar-refractivity contribution in [2.75, 3.05) is 20.0 Å². The monoisotopic (exact) mass is 345 g/mol. The number of methoxy groups -OCH3 is 2. The summed E-state index contributed by atoms with van der Waals surface area (Å²) in [5, 5.41) is 3.03. The maximum atomic E-state index is 12.2. The second-order valence-electron chi connectivity index (χ2n) is 5.50. The maximum Gasteiger partial charge on any atom is 0.230 e. The van der Waals surface area contributed by atoms with Crippen LogP contribution in [0.15, 0.2) is 47.4 Å². The average molecular weight is 345 g/mol. The van der Waals surface area contributed by atoms with E-state index in [4.69, 9.17) is 9.47 Å². The van der Waals surface area contributed by atoms with Crippen LogP contribution in [0.1, 0.15) is 24.1 Å². The van der Waals surface area contributed by atoms with Crippen molar-refractivity contribution in [3.8, 4) is 11.5 Å². The van der Waals surface area contributed by atoms with E-state index >= 15 is 0 Å². The number of benzene rings is 2. The molecule has 1 N–H and O–H groups in total. The summed E-state index contributed by atoms with van der Waals surface area (Å²) in [5.74, 6) is 1.96. The fourth-order valence-corrected chi connectivity index (χ4v) is 3.08. The molecule has 0 aliphatic heterocycles. The molecule has 2 rings (SSSR count). The molecule has 128 valence electrons. The summed E-state index contributed by atoms with van der Waals surface area (Å²) in [6.45, 7) is 3.99. The molecule has 1 unspecified atom stereocenters. The number of carbonyl (C=O) groups excluding carboxylic acids is 1. The zero-order valence-corrected chi connectivity index (χ0v) is 15.3. The number of hydrogen-bond donors (Lipinski definition) is 1. The number of hydrogen-bond acceptors (Lipinski definition) is 4. The highest BCUT2D eigenvalue weighted by atomic mass is 32.2. The predicted octanol–water partition coefficient (Wildman–Crippen LogP) is 3.98. The van der Waals surface area contributed by atoms with Crippen LogP contribution >= 0.6 is 11.8 Å². The Hall–Kier alpha value is -2.14. The first-order chi connectivity index (χ1) is 11.5. The Kier molecular flexibility index (Phi) is 6.55. The molecular weight excluding hydrogens is 322 g/mol. The van der Waals surface area contributed by atoms with Gasteiger partial charge in [0.05, 0.1) is 26.0 Å². The van der Waals surface area contributed by atoms with Crippen molar-refractivity contribution in [2.45, 2.75) is 24.8 Å². The number of aryl methyl sites for hydroxylation is 1. The summed E-state index contributed by atoms with van der Waals surface area (Å²) in [6, 6.07) is 13.5. The topological polar surface area (TPSA) is 47.6 Å². The van der Waals surface area contributed by atoms with Crippen LogP contribution in [0.4, 0.5) is 0 Å². The second kappa shape index (κ2) is 8.64. The Morgan fingerprint density at radius 1 is 1.12 bits per heavy atom. The van der Waals surface area contributed by atoms with Gasteiger partial charge in [0.15, 0.2) is 0 Å². The standard InChI is InChI=1S/C19H23NO3S/c1-13-5-10-18(23-4)17(11-13)14(2)20-19(21)12-24-16-8-6-15(22-3)7-9-16/h5-11,14H,12H2,1-4H3,(H,20,21). The Morgan fingerprint density at radius 2 is 1.83 bits per heavy atom. The lowest BCUT2D eigenvalue weighted by atomic mass is 10.0. The van der Waals surface area contributed by atoms with Crippen LogP contribution in [0, 0.1) is 6.92 Å². The SMILES string of the molecule is COc1ccc(SCC(=O)NC(C)c2cc(C)ccc2OC)cc1. The van der Waals surface area contributed by atoms with Gasteiger partial charge in [0.25, 0.3) is 0 Å². The minimum absolute atomic E-state index is 0.00752. The summed E-state index contributed by atoms with van der Waals surface area (Å²) in [5.41, 5.74) is 2.12. The van der Waals surface area contributed by atoms with E-state index in [0.29, 0.717) is 5.75 Å². The van der Waals surface area contributed by atoms with Crippen molar-refractivity contribution >= 4 is 17.7 Å². The van der Waals surface area contributed by atoms with Gasteiger partial charge in [-0.1, -0.05) is 17.7 Å². The van der Waals surface area contributed by atoms with E-state index < -0.39 is 0 Å². The minimum Gasteiger partial charge on any atom is -0.497 e. The molecule has 1 atom stereocenters. The Morgan fingerprint density at radius 3 is 2.46 bits per heavy atom. The van der Waals surface area contributed by atoms with Gasteiger partial charge in [-0.15, -0.1) is 11.8 Å². The molecule has 0 bridgehead atoms. The van der Waals surface area contributed by atoms with Crippen LogP contribution in [0.25, 0.3) is 0 Å². The van der Waals surface area contributed by atoms with Crippen LogP contribution in [-0.4, -0.2) is 25.9 Å². The highest BCUT2D eigenvalue weighted by Gasteiger charge is 2.14. The molecule has 0 saturated carbocycles. The van der Waals surface area contributed by atoms with Crippen molar-refractivity contribution < 1.29 is 14.3 Å². The second-order valence-corrected chi connectivity index (χ2v) is 6.55. The number of nitrogens with one attached hydrogen (secondary N) is 1. The molecule has 5 heteroatoms. The smallest absolute Gasteiger partial charge is 0.230 e. The van der Waals surface area contributed by atoms with Crippen LogP contribution in [0.5, 0.6) is 11.5 Å². The van der Waals surface area contributed by atoms with Crippen molar-refractivity contribution in [3.63, 3.8) is 0 Å². The largest absolute Gasteiger partial charge is 0.497 e. The molecule has 0 aliphatic carbocycles. The third-order valence-corrected chi connectivity index (χ3v) is 4.67. The predicted molar refractivity (Wildman–Crippen MR) is 98.0 cm³/mol. The van der Waals surface area contributed by atoms with E-state index in [1.54, 1.807) is 14.2 Å². The van der Waals surface area contributed by atoms with Gasteiger partial charge in [-0.25, -0.2) is 0 Å². The minimum atomic E-state index is -0.108. The Bertz CT molecular complexity index is 686. The maximum absolute atomic E-state index is 12.2. The van der Waals surface area contributed by atoms with Gasteiger partial charge in [0, 0.05) is 10.5 Å². The third-order valence-electron chi connectivity index (χ3n) is 3.66. The molecule has 0 aliphatic rings. The molecule has 0 fully saturated rings. The van der Waals surface area contributed by atoms with Crippen LogP contribution in [-0.2, 0) is 4.79 Å². The molecule has 2 aromatic carbocycles. The zero-order chi connectivity index (χ0) is 17.5. The fraction of sp³-hybridized carbons (Fsp3) is 0.316. The summed E-state index contributed by atoms with van der Waals surface area (Å²) in [6.07, 6.45) is 0. The third kappa shape index (κ3) is 4.93. The lowest BCUT2D eigenvalue weighted by Gasteiger charge is -2.18. The normalized spacial score (nSPS) is 11.7. The quantitative estimate of drug-likeness (QED) is 0.771. The van der Waals surface area contributed by atoms with Crippen LogP contribution in [0.3, 0.4) is 0 Å².